The summed E-state index contributed by atoms with van der Waals surface area (Å²) in [5.41, 5.74) is 1.35. The minimum absolute atomic E-state index is 0.0156. The molecule has 2 aromatic rings. The predicted molar refractivity (Wildman–Crippen MR) is 79.7 cm³/mol. The van der Waals surface area contributed by atoms with Gasteiger partial charge in [-0.2, -0.15) is 0 Å². The van der Waals surface area contributed by atoms with Crippen molar-refractivity contribution >= 4 is 11.6 Å². The molecule has 1 unspecified atom stereocenters. The number of carbonyl (C=O) groups is 1. The molecule has 0 bridgehead atoms. The van der Waals surface area contributed by atoms with Crippen LogP contribution in [0.15, 0.2) is 47.4 Å². The second kappa shape index (κ2) is 6.35. The number of amides is 1. The minimum Gasteiger partial charge on any atom is -0.325 e. The van der Waals surface area contributed by atoms with Crippen molar-refractivity contribution in [2.75, 3.05) is 5.32 Å². The van der Waals surface area contributed by atoms with E-state index in [1.54, 1.807) is 31.4 Å². The van der Waals surface area contributed by atoms with E-state index in [-0.39, 0.29) is 29.6 Å². The van der Waals surface area contributed by atoms with Gasteiger partial charge >= 0.3 is 0 Å². The van der Waals surface area contributed by atoms with E-state index in [2.05, 4.69) is 5.32 Å². The van der Waals surface area contributed by atoms with Crippen molar-refractivity contribution < 1.29 is 9.18 Å². The van der Waals surface area contributed by atoms with Gasteiger partial charge in [0.25, 0.3) is 0 Å². The molecule has 0 spiro atoms. The van der Waals surface area contributed by atoms with Crippen molar-refractivity contribution in [3.8, 4) is 0 Å². The lowest BCUT2D eigenvalue weighted by molar-refractivity contribution is -0.116. The molecule has 110 valence electrons. The molecule has 0 aliphatic rings. The van der Waals surface area contributed by atoms with E-state index in [0.29, 0.717) is 5.69 Å². The standard InChI is InChI=1S/C16H17FN2O2/c1-11(12-3-5-13(17)6-4-12)9-15(20)18-14-7-8-16(21)19(2)10-14/h3-8,10-11H,9H2,1-2H3,(H,18,20). The monoisotopic (exact) mass is 288 g/mol. The van der Waals surface area contributed by atoms with Gasteiger partial charge in [-0.25, -0.2) is 4.39 Å². The highest BCUT2D eigenvalue weighted by molar-refractivity contribution is 5.91. The first-order valence-electron chi connectivity index (χ1n) is 6.67. The summed E-state index contributed by atoms with van der Waals surface area (Å²) in [6.45, 7) is 1.91. The van der Waals surface area contributed by atoms with Gasteiger partial charge in [-0.15, -0.1) is 0 Å². The number of halogens is 1. The van der Waals surface area contributed by atoms with E-state index >= 15 is 0 Å². The Bertz CT molecular complexity index is 692. The van der Waals surface area contributed by atoms with Gasteiger partial charge in [0.2, 0.25) is 11.5 Å². The van der Waals surface area contributed by atoms with Gasteiger partial charge < -0.3 is 9.88 Å². The Morgan fingerprint density at radius 3 is 2.52 bits per heavy atom. The Balaban J connectivity index is 1.99. The van der Waals surface area contributed by atoms with Gasteiger partial charge in [0, 0.05) is 25.7 Å². The van der Waals surface area contributed by atoms with E-state index in [0.717, 1.165) is 5.56 Å². The van der Waals surface area contributed by atoms with Crippen LogP contribution in [0.5, 0.6) is 0 Å². The first kappa shape index (κ1) is 15.0. The van der Waals surface area contributed by atoms with Crippen LogP contribution in [0.4, 0.5) is 10.1 Å². The van der Waals surface area contributed by atoms with Gasteiger partial charge in [0.15, 0.2) is 0 Å². The first-order valence-corrected chi connectivity index (χ1v) is 6.67. The van der Waals surface area contributed by atoms with Gasteiger partial charge in [0.05, 0.1) is 5.69 Å². The van der Waals surface area contributed by atoms with Gasteiger partial charge in [0.1, 0.15) is 5.82 Å². The molecular formula is C16H17FN2O2. The highest BCUT2D eigenvalue weighted by atomic mass is 19.1. The van der Waals surface area contributed by atoms with Crippen LogP contribution >= 0.6 is 0 Å². The highest BCUT2D eigenvalue weighted by Crippen LogP contribution is 2.20. The molecule has 1 atom stereocenters. The van der Waals surface area contributed by atoms with Gasteiger partial charge in [-0.1, -0.05) is 19.1 Å². The molecule has 1 aromatic heterocycles. The topological polar surface area (TPSA) is 51.1 Å². The molecular weight excluding hydrogens is 271 g/mol. The van der Waals surface area contributed by atoms with Crippen LogP contribution in [0, 0.1) is 5.82 Å². The molecule has 5 heteroatoms. The number of aromatic nitrogens is 1. The van der Waals surface area contributed by atoms with Crippen LogP contribution in [0.2, 0.25) is 0 Å². The number of hydrogen-bond acceptors (Lipinski definition) is 2. The Labute approximate surface area is 122 Å². The fraction of sp³-hybridized carbons (Fsp3) is 0.250. The van der Waals surface area contributed by atoms with Crippen LogP contribution in [0.1, 0.15) is 24.8 Å². The van der Waals surface area contributed by atoms with Crippen molar-refractivity contribution in [2.45, 2.75) is 19.3 Å². The van der Waals surface area contributed by atoms with E-state index < -0.39 is 0 Å². The summed E-state index contributed by atoms with van der Waals surface area (Å²) in [7, 11) is 1.62. The number of anilines is 1. The van der Waals surface area contributed by atoms with Crippen LogP contribution in [-0.4, -0.2) is 10.5 Å². The third-order valence-electron chi connectivity index (χ3n) is 3.30. The molecule has 0 saturated carbocycles. The van der Waals surface area contributed by atoms with Crippen LogP contribution < -0.4 is 10.9 Å². The maximum atomic E-state index is 12.9. The number of aryl methyl sites for hydroxylation is 1. The van der Waals surface area contributed by atoms with Crippen molar-refractivity contribution in [3.05, 3.63) is 64.3 Å². The molecule has 1 N–H and O–H groups in total. The van der Waals surface area contributed by atoms with E-state index in [1.807, 2.05) is 6.92 Å². The van der Waals surface area contributed by atoms with Crippen molar-refractivity contribution in [2.24, 2.45) is 7.05 Å². The summed E-state index contributed by atoms with van der Waals surface area (Å²) in [6, 6.07) is 9.11. The zero-order chi connectivity index (χ0) is 15.4. The molecule has 1 aromatic carbocycles. The van der Waals surface area contributed by atoms with Crippen molar-refractivity contribution in [1.82, 2.24) is 4.57 Å². The summed E-state index contributed by atoms with van der Waals surface area (Å²) in [5.74, 6) is -0.454. The number of rotatable bonds is 4. The zero-order valence-corrected chi connectivity index (χ0v) is 12.0. The maximum Gasteiger partial charge on any atom is 0.250 e. The maximum absolute atomic E-state index is 12.9. The lowest BCUT2D eigenvalue weighted by atomic mass is 9.97. The second-order valence-electron chi connectivity index (χ2n) is 5.07. The number of nitrogens with one attached hydrogen (secondary N) is 1. The summed E-state index contributed by atoms with van der Waals surface area (Å²) < 4.78 is 14.3. The molecule has 1 amide bonds. The SMILES string of the molecule is CC(CC(=O)Nc1ccc(=O)n(C)c1)c1ccc(F)cc1. The van der Waals surface area contributed by atoms with E-state index in [4.69, 9.17) is 0 Å². The first-order chi connectivity index (χ1) is 9.95. The third kappa shape index (κ3) is 4.02. The molecule has 0 radical (unpaired) electrons. The molecule has 0 aliphatic carbocycles. The lowest BCUT2D eigenvalue weighted by Crippen LogP contribution is -2.18. The highest BCUT2D eigenvalue weighted by Gasteiger charge is 2.12. The fourth-order valence-corrected chi connectivity index (χ4v) is 2.07. The minimum atomic E-state index is -0.291. The van der Waals surface area contributed by atoms with Crippen LogP contribution in [0.25, 0.3) is 0 Å². The Morgan fingerprint density at radius 1 is 1.24 bits per heavy atom. The Morgan fingerprint density at radius 2 is 1.90 bits per heavy atom. The fourth-order valence-electron chi connectivity index (χ4n) is 2.07. The molecule has 0 aliphatic heterocycles. The normalized spacial score (nSPS) is 12.0. The third-order valence-corrected chi connectivity index (χ3v) is 3.30. The van der Waals surface area contributed by atoms with E-state index in [9.17, 15) is 14.0 Å². The van der Waals surface area contributed by atoms with Crippen molar-refractivity contribution in [3.63, 3.8) is 0 Å². The number of pyridine rings is 1. The summed E-state index contributed by atoms with van der Waals surface area (Å²) in [4.78, 5) is 23.3. The second-order valence-corrected chi connectivity index (χ2v) is 5.07. The summed E-state index contributed by atoms with van der Waals surface area (Å²) >= 11 is 0. The Kier molecular flexibility index (Phi) is 4.52. The average molecular weight is 288 g/mol. The zero-order valence-electron chi connectivity index (χ0n) is 12.0. The number of benzene rings is 1. The molecule has 0 fully saturated rings. The number of hydrogen-bond donors (Lipinski definition) is 1. The molecule has 4 nitrogen and oxygen atoms in total. The number of nitrogens with zero attached hydrogens (tertiary/aromatic N) is 1. The lowest BCUT2D eigenvalue weighted by Gasteiger charge is -2.12. The molecule has 0 saturated heterocycles. The molecule has 2 rings (SSSR count). The summed E-state index contributed by atoms with van der Waals surface area (Å²) in [6.07, 6.45) is 1.86. The van der Waals surface area contributed by atoms with Gasteiger partial charge in [-0.3, -0.25) is 9.59 Å². The quantitative estimate of drug-likeness (QED) is 0.940. The smallest absolute Gasteiger partial charge is 0.250 e. The molecule has 1 heterocycles. The Hall–Kier alpha value is -2.43. The molecule has 21 heavy (non-hydrogen) atoms. The largest absolute Gasteiger partial charge is 0.325 e. The summed E-state index contributed by atoms with van der Waals surface area (Å²) in [5, 5.41) is 2.75. The van der Waals surface area contributed by atoms with Crippen LogP contribution in [0.3, 0.4) is 0 Å². The average Bonchev–Trinajstić information content (AvgIpc) is 2.43. The number of carbonyl (C=O) groups excluding carboxylic acids is 1. The van der Waals surface area contributed by atoms with Crippen LogP contribution in [-0.2, 0) is 11.8 Å². The van der Waals surface area contributed by atoms with Gasteiger partial charge in [-0.05, 0) is 29.7 Å². The predicted octanol–water partition coefficient (Wildman–Crippen LogP) is 2.66. The van der Waals surface area contributed by atoms with E-state index in [1.165, 1.54) is 22.8 Å². The van der Waals surface area contributed by atoms with Crippen molar-refractivity contribution in [1.29, 1.82) is 0 Å².